The van der Waals surface area contributed by atoms with E-state index in [9.17, 15) is 5.11 Å². The Morgan fingerprint density at radius 3 is 2.52 bits per heavy atom. The monoisotopic (exact) mass is 277 g/mol. The minimum Gasteiger partial charge on any atom is -0.392 e. The third-order valence-corrected chi connectivity index (χ3v) is 3.79. The number of hydrogen-bond donors (Lipinski definition) is 1. The summed E-state index contributed by atoms with van der Waals surface area (Å²) in [6, 6.07) is 18.4. The molecule has 3 rings (SSSR count). The van der Waals surface area contributed by atoms with Crippen molar-refractivity contribution >= 4 is 10.9 Å². The molecule has 0 aliphatic carbocycles. The highest BCUT2D eigenvalue weighted by molar-refractivity contribution is 5.81. The van der Waals surface area contributed by atoms with Crippen molar-refractivity contribution in [3.63, 3.8) is 0 Å². The predicted octanol–water partition coefficient (Wildman–Crippen LogP) is 3.69. The van der Waals surface area contributed by atoms with Crippen LogP contribution in [0.4, 0.5) is 0 Å². The zero-order chi connectivity index (χ0) is 14.7. The van der Waals surface area contributed by atoms with E-state index in [4.69, 9.17) is 0 Å². The molecule has 2 aromatic carbocycles. The van der Waals surface area contributed by atoms with Gasteiger partial charge in [0.1, 0.15) is 0 Å². The van der Waals surface area contributed by atoms with Crippen molar-refractivity contribution in [2.75, 3.05) is 0 Å². The fraction of sp³-hybridized carbons (Fsp3) is 0.211. The van der Waals surface area contributed by atoms with Crippen LogP contribution in [-0.4, -0.2) is 16.2 Å². The first-order valence-corrected chi connectivity index (χ1v) is 7.28. The standard InChI is InChI=1S/C19H19NO/c1-14-6-8-15(9-7-14)12-17(21)13-16-10-11-20-19-5-3-2-4-18(16)19/h2-11,17,21H,12-13H2,1H3. The zero-order valence-electron chi connectivity index (χ0n) is 12.2. The second kappa shape index (κ2) is 6.06. The Bertz CT molecular complexity index is 729. The summed E-state index contributed by atoms with van der Waals surface area (Å²) in [4.78, 5) is 4.36. The van der Waals surface area contributed by atoms with Gasteiger partial charge >= 0.3 is 0 Å². The van der Waals surface area contributed by atoms with Crippen molar-refractivity contribution in [2.45, 2.75) is 25.9 Å². The van der Waals surface area contributed by atoms with Crippen LogP contribution < -0.4 is 0 Å². The summed E-state index contributed by atoms with van der Waals surface area (Å²) in [6.45, 7) is 2.07. The van der Waals surface area contributed by atoms with Gasteiger partial charge in [0.2, 0.25) is 0 Å². The fourth-order valence-corrected chi connectivity index (χ4v) is 2.66. The van der Waals surface area contributed by atoms with Gasteiger partial charge in [0.25, 0.3) is 0 Å². The van der Waals surface area contributed by atoms with Crippen molar-refractivity contribution < 1.29 is 5.11 Å². The van der Waals surface area contributed by atoms with Crippen LogP contribution in [0.1, 0.15) is 16.7 Å². The van der Waals surface area contributed by atoms with E-state index in [-0.39, 0.29) is 6.10 Å². The minimum atomic E-state index is -0.376. The van der Waals surface area contributed by atoms with Gasteiger partial charge in [0, 0.05) is 11.6 Å². The lowest BCUT2D eigenvalue weighted by Crippen LogP contribution is -2.14. The number of rotatable bonds is 4. The Labute approximate surface area is 125 Å². The molecular formula is C19H19NO. The summed E-state index contributed by atoms with van der Waals surface area (Å²) in [5.74, 6) is 0. The van der Waals surface area contributed by atoms with E-state index in [1.54, 1.807) is 0 Å². The van der Waals surface area contributed by atoms with Crippen molar-refractivity contribution in [2.24, 2.45) is 0 Å². The lowest BCUT2D eigenvalue weighted by molar-refractivity contribution is 0.176. The normalized spacial score (nSPS) is 12.5. The molecule has 1 N–H and O–H groups in total. The Balaban J connectivity index is 1.77. The average Bonchev–Trinajstić information content (AvgIpc) is 2.50. The molecule has 1 atom stereocenters. The molecule has 1 aromatic heterocycles. The van der Waals surface area contributed by atoms with E-state index in [1.807, 2.05) is 30.5 Å². The molecule has 0 amide bonds. The van der Waals surface area contributed by atoms with E-state index >= 15 is 0 Å². The molecule has 0 saturated carbocycles. The lowest BCUT2D eigenvalue weighted by Gasteiger charge is -2.12. The highest BCUT2D eigenvalue weighted by Gasteiger charge is 2.09. The third kappa shape index (κ3) is 3.29. The van der Waals surface area contributed by atoms with Gasteiger partial charge in [-0.1, -0.05) is 48.0 Å². The molecular weight excluding hydrogens is 258 g/mol. The van der Waals surface area contributed by atoms with Gasteiger partial charge < -0.3 is 5.11 Å². The molecule has 106 valence electrons. The summed E-state index contributed by atoms with van der Waals surface area (Å²) < 4.78 is 0. The van der Waals surface area contributed by atoms with Crippen LogP contribution in [0.25, 0.3) is 10.9 Å². The van der Waals surface area contributed by atoms with E-state index < -0.39 is 0 Å². The number of benzene rings is 2. The molecule has 0 spiro atoms. The molecule has 0 aliphatic heterocycles. The number of aliphatic hydroxyl groups is 1. The van der Waals surface area contributed by atoms with Crippen molar-refractivity contribution in [3.8, 4) is 0 Å². The molecule has 21 heavy (non-hydrogen) atoms. The Hall–Kier alpha value is -2.19. The molecule has 0 radical (unpaired) electrons. The van der Waals surface area contributed by atoms with Crippen LogP contribution in [0, 0.1) is 6.92 Å². The van der Waals surface area contributed by atoms with Gasteiger partial charge in [-0.2, -0.15) is 0 Å². The largest absolute Gasteiger partial charge is 0.392 e. The predicted molar refractivity (Wildman–Crippen MR) is 86.3 cm³/mol. The van der Waals surface area contributed by atoms with Gasteiger partial charge in [-0.05, 0) is 43.0 Å². The van der Waals surface area contributed by atoms with E-state index in [0.29, 0.717) is 12.8 Å². The fourth-order valence-electron chi connectivity index (χ4n) is 2.66. The molecule has 1 unspecified atom stereocenters. The zero-order valence-corrected chi connectivity index (χ0v) is 12.2. The number of aryl methyl sites for hydroxylation is 1. The molecule has 0 saturated heterocycles. The summed E-state index contributed by atoms with van der Waals surface area (Å²) in [6.07, 6.45) is 2.77. The Morgan fingerprint density at radius 2 is 1.71 bits per heavy atom. The maximum Gasteiger partial charge on any atom is 0.0704 e. The van der Waals surface area contributed by atoms with Gasteiger partial charge in [0.05, 0.1) is 11.6 Å². The first kappa shape index (κ1) is 13.8. The molecule has 1 heterocycles. The smallest absolute Gasteiger partial charge is 0.0704 e. The number of fused-ring (bicyclic) bond motifs is 1. The van der Waals surface area contributed by atoms with Crippen molar-refractivity contribution in [1.29, 1.82) is 0 Å². The topological polar surface area (TPSA) is 33.1 Å². The Morgan fingerprint density at radius 1 is 0.952 bits per heavy atom. The number of nitrogens with zero attached hydrogens (tertiary/aromatic N) is 1. The maximum atomic E-state index is 10.4. The summed E-state index contributed by atoms with van der Waals surface area (Å²) in [5, 5.41) is 11.5. The van der Waals surface area contributed by atoms with Crippen LogP contribution >= 0.6 is 0 Å². The Kier molecular flexibility index (Phi) is 3.98. The number of aromatic nitrogens is 1. The summed E-state index contributed by atoms with van der Waals surface area (Å²) >= 11 is 0. The third-order valence-electron chi connectivity index (χ3n) is 3.79. The second-order valence-corrected chi connectivity index (χ2v) is 5.53. The summed E-state index contributed by atoms with van der Waals surface area (Å²) in [7, 11) is 0. The van der Waals surface area contributed by atoms with Crippen LogP contribution in [0.3, 0.4) is 0 Å². The SMILES string of the molecule is Cc1ccc(CC(O)Cc2ccnc3ccccc23)cc1. The van der Waals surface area contributed by atoms with Gasteiger partial charge in [0.15, 0.2) is 0 Å². The molecule has 2 nitrogen and oxygen atoms in total. The van der Waals surface area contributed by atoms with Gasteiger partial charge in [-0.3, -0.25) is 4.98 Å². The van der Waals surface area contributed by atoms with Crippen molar-refractivity contribution in [3.05, 3.63) is 77.5 Å². The van der Waals surface area contributed by atoms with Crippen LogP contribution in [0.2, 0.25) is 0 Å². The van der Waals surface area contributed by atoms with E-state index in [2.05, 4.69) is 42.2 Å². The van der Waals surface area contributed by atoms with Crippen molar-refractivity contribution in [1.82, 2.24) is 4.98 Å². The highest BCUT2D eigenvalue weighted by Crippen LogP contribution is 2.19. The van der Waals surface area contributed by atoms with Gasteiger partial charge in [-0.15, -0.1) is 0 Å². The quantitative estimate of drug-likeness (QED) is 0.789. The molecule has 3 aromatic rings. The average molecular weight is 277 g/mol. The number of pyridine rings is 1. The number of aliphatic hydroxyl groups excluding tert-OH is 1. The first-order chi connectivity index (χ1) is 10.2. The first-order valence-electron chi connectivity index (χ1n) is 7.28. The molecule has 0 aliphatic rings. The van der Waals surface area contributed by atoms with E-state index in [0.717, 1.165) is 16.5 Å². The number of hydrogen-bond acceptors (Lipinski definition) is 2. The minimum absolute atomic E-state index is 0.376. The molecule has 0 bridgehead atoms. The number of para-hydroxylation sites is 1. The van der Waals surface area contributed by atoms with Gasteiger partial charge in [-0.25, -0.2) is 0 Å². The molecule has 2 heteroatoms. The van der Waals surface area contributed by atoms with Crippen LogP contribution in [0.5, 0.6) is 0 Å². The van der Waals surface area contributed by atoms with Crippen LogP contribution in [-0.2, 0) is 12.8 Å². The van der Waals surface area contributed by atoms with E-state index in [1.165, 1.54) is 11.1 Å². The highest BCUT2D eigenvalue weighted by atomic mass is 16.3. The lowest BCUT2D eigenvalue weighted by atomic mass is 9.98. The summed E-state index contributed by atoms with van der Waals surface area (Å²) in [5.41, 5.74) is 4.55. The maximum absolute atomic E-state index is 10.4. The second-order valence-electron chi connectivity index (χ2n) is 5.53. The van der Waals surface area contributed by atoms with Crippen LogP contribution in [0.15, 0.2) is 60.8 Å². The molecule has 0 fully saturated rings.